The number of benzene rings is 1. The maximum absolute atomic E-state index is 13.9. The van der Waals surface area contributed by atoms with Gasteiger partial charge in [-0.1, -0.05) is 6.07 Å². The molecule has 32 heavy (non-hydrogen) atoms. The van der Waals surface area contributed by atoms with E-state index in [1.54, 1.807) is 0 Å². The Morgan fingerprint density at radius 3 is 2.44 bits per heavy atom. The first-order valence-electron chi connectivity index (χ1n) is 8.56. The lowest BCUT2D eigenvalue weighted by atomic mass is 10.1. The maximum Gasteiger partial charge on any atom is 0.434 e. The SMILES string of the molecule is O=C1N=Nc2c1cccc2-n1ncc(C(=O)Nc2ccnc(C(F)(F)F)c2)c1C(F)(F)F. The number of carbonyl (C=O) groups is 2. The quantitative estimate of drug-likeness (QED) is 0.575. The maximum atomic E-state index is 13.9. The molecule has 14 heteroatoms. The van der Waals surface area contributed by atoms with Crippen molar-refractivity contribution in [2.75, 3.05) is 5.32 Å². The van der Waals surface area contributed by atoms with Crippen LogP contribution in [-0.4, -0.2) is 26.6 Å². The first-order valence-corrected chi connectivity index (χ1v) is 8.56. The van der Waals surface area contributed by atoms with Gasteiger partial charge < -0.3 is 5.32 Å². The number of hydrogen-bond donors (Lipinski definition) is 1. The standard InChI is InChI=1S/C18H8F6N6O2/c19-17(20,21)12-6-8(4-5-25-12)27-15(31)10-7-26-30(14(10)18(22,23)24)11-3-1-2-9-13(11)28-29-16(9)32/h1-7H,(H,25,27,31). The molecule has 0 bridgehead atoms. The molecule has 0 aliphatic carbocycles. The smallest absolute Gasteiger partial charge is 0.322 e. The number of nitrogens with zero attached hydrogens (tertiary/aromatic N) is 5. The van der Waals surface area contributed by atoms with Gasteiger partial charge >= 0.3 is 12.4 Å². The molecule has 2 aromatic heterocycles. The van der Waals surface area contributed by atoms with Crippen molar-refractivity contribution in [1.29, 1.82) is 0 Å². The average Bonchev–Trinajstić information content (AvgIpc) is 3.32. The molecule has 0 saturated carbocycles. The zero-order valence-corrected chi connectivity index (χ0v) is 15.4. The number of amides is 2. The molecule has 1 aliphatic heterocycles. The second kappa shape index (κ2) is 7.25. The van der Waals surface area contributed by atoms with Gasteiger partial charge in [-0.15, -0.1) is 10.2 Å². The van der Waals surface area contributed by atoms with Gasteiger partial charge in [0.1, 0.15) is 11.4 Å². The van der Waals surface area contributed by atoms with Crippen molar-refractivity contribution in [2.45, 2.75) is 12.4 Å². The fourth-order valence-corrected chi connectivity index (χ4v) is 2.96. The van der Waals surface area contributed by atoms with E-state index in [2.05, 4.69) is 20.3 Å². The lowest BCUT2D eigenvalue weighted by molar-refractivity contribution is -0.143. The van der Waals surface area contributed by atoms with Crippen LogP contribution in [0.4, 0.5) is 37.7 Å². The lowest BCUT2D eigenvalue weighted by Gasteiger charge is -2.14. The first kappa shape index (κ1) is 21.1. The largest absolute Gasteiger partial charge is 0.434 e. The van der Waals surface area contributed by atoms with Crippen LogP contribution in [0.1, 0.15) is 32.1 Å². The average molecular weight is 454 g/mol. The van der Waals surface area contributed by atoms with Crippen LogP contribution in [0, 0.1) is 0 Å². The summed E-state index contributed by atoms with van der Waals surface area (Å²) in [7, 11) is 0. The van der Waals surface area contributed by atoms with Crippen LogP contribution in [0.25, 0.3) is 5.69 Å². The highest BCUT2D eigenvalue weighted by Crippen LogP contribution is 2.39. The minimum atomic E-state index is -5.10. The fourth-order valence-electron chi connectivity index (χ4n) is 2.96. The van der Waals surface area contributed by atoms with Crippen LogP contribution in [0.15, 0.2) is 53.0 Å². The molecule has 2 amide bonds. The van der Waals surface area contributed by atoms with E-state index in [-0.39, 0.29) is 16.9 Å². The van der Waals surface area contributed by atoms with Crippen molar-refractivity contribution < 1.29 is 35.9 Å². The minimum absolute atomic E-state index is 0.0476. The molecule has 1 N–H and O–H groups in total. The van der Waals surface area contributed by atoms with Gasteiger partial charge in [0.25, 0.3) is 11.8 Å². The molecule has 3 aromatic rings. The summed E-state index contributed by atoms with van der Waals surface area (Å²) >= 11 is 0. The van der Waals surface area contributed by atoms with Gasteiger partial charge in [0.05, 0.1) is 23.0 Å². The second-order valence-electron chi connectivity index (χ2n) is 6.38. The van der Waals surface area contributed by atoms with Crippen LogP contribution in [-0.2, 0) is 12.4 Å². The molecular weight excluding hydrogens is 446 g/mol. The number of alkyl halides is 6. The highest BCUT2D eigenvalue weighted by Gasteiger charge is 2.41. The van der Waals surface area contributed by atoms with Crippen molar-refractivity contribution in [3.63, 3.8) is 0 Å². The Balaban J connectivity index is 1.76. The topological polar surface area (TPSA) is 102 Å². The van der Waals surface area contributed by atoms with Crippen molar-refractivity contribution in [3.05, 3.63) is 65.2 Å². The van der Waals surface area contributed by atoms with Gasteiger partial charge in [-0.3, -0.25) is 14.6 Å². The molecule has 0 fully saturated rings. The number of fused-ring (bicyclic) bond motifs is 1. The predicted octanol–water partition coefficient (Wildman–Crippen LogP) is 4.79. The Labute approximate surface area is 173 Å². The normalized spacial score (nSPS) is 13.4. The third kappa shape index (κ3) is 3.70. The molecule has 0 unspecified atom stereocenters. The molecule has 1 aromatic carbocycles. The fraction of sp³-hybridized carbons (Fsp3) is 0.111. The summed E-state index contributed by atoms with van der Waals surface area (Å²) in [5, 5.41) is 12.4. The van der Waals surface area contributed by atoms with Crippen molar-refractivity contribution in [1.82, 2.24) is 14.8 Å². The summed E-state index contributed by atoms with van der Waals surface area (Å²) < 4.78 is 80.3. The third-order valence-electron chi connectivity index (χ3n) is 4.30. The molecule has 8 nitrogen and oxygen atoms in total. The number of pyridine rings is 1. The number of hydrogen-bond acceptors (Lipinski definition) is 5. The second-order valence-corrected chi connectivity index (χ2v) is 6.38. The zero-order chi connectivity index (χ0) is 23.3. The van der Waals surface area contributed by atoms with E-state index < -0.39 is 46.8 Å². The Hall–Kier alpha value is -4.10. The predicted molar refractivity (Wildman–Crippen MR) is 94.6 cm³/mol. The van der Waals surface area contributed by atoms with Crippen molar-refractivity contribution >= 4 is 23.2 Å². The van der Waals surface area contributed by atoms with E-state index in [4.69, 9.17) is 0 Å². The van der Waals surface area contributed by atoms with E-state index in [9.17, 15) is 35.9 Å². The highest BCUT2D eigenvalue weighted by molar-refractivity contribution is 6.06. The van der Waals surface area contributed by atoms with Gasteiger partial charge in [-0.2, -0.15) is 31.4 Å². The summed E-state index contributed by atoms with van der Waals surface area (Å²) in [5.41, 5.74) is -4.69. The van der Waals surface area contributed by atoms with Crippen LogP contribution < -0.4 is 5.32 Å². The summed E-state index contributed by atoms with van der Waals surface area (Å²) in [6.07, 6.45) is -8.55. The van der Waals surface area contributed by atoms with E-state index in [1.807, 2.05) is 5.32 Å². The number of halogens is 6. The minimum Gasteiger partial charge on any atom is -0.322 e. The van der Waals surface area contributed by atoms with E-state index >= 15 is 0 Å². The molecular formula is C18H8F6N6O2. The van der Waals surface area contributed by atoms with Gasteiger partial charge in [-0.25, -0.2) is 4.68 Å². The Morgan fingerprint density at radius 2 is 1.75 bits per heavy atom. The molecule has 0 spiro atoms. The van der Waals surface area contributed by atoms with Gasteiger partial charge in [0.2, 0.25) is 0 Å². The molecule has 0 saturated heterocycles. The monoisotopic (exact) mass is 454 g/mol. The van der Waals surface area contributed by atoms with Gasteiger partial charge in [0.15, 0.2) is 5.69 Å². The Morgan fingerprint density at radius 1 is 1.00 bits per heavy atom. The van der Waals surface area contributed by atoms with Gasteiger partial charge in [-0.05, 0) is 24.3 Å². The summed E-state index contributed by atoms with van der Waals surface area (Å²) in [4.78, 5) is 27.3. The number of rotatable bonds is 3. The zero-order valence-electron chi connectivity index (χ0n) is 15.4. The summed E-state index contributed by atoms with van der Waals surface area (Å²) in [5.74, 6) is -2.10. The molecule has 0 radical (unpaired) electrons. The molecule has 0 atom stereocenters. The number of aromatic nitrogens is 3. The molecule has 1 aliphatic rings. The molecule has 164 valence electrons. The number of anilines is 1. The highest BCUT2D eigenvalue weighted by atomic mass is 19.4. The van der Waals surface area contributed by atoms with Crippen LogP contribution >= 0.6 is 0 Å². The lowest BCUT2D eigenvalue weighted by Crippen LogP contribution is -2.21. The Kier molecular flexibility index (Phi) is 4.79. The first-order chi connectivity index (χ1) is 15.0. The van der Waals surface area contributed by atoms with Gasteiger partial charge in [0, 0.05) is 11.9 Å². The number of nitrogens with one attached hydrogen (secondary N) is 1. The third-order valence-corrected chi connectivity index (χ3v) is 4.30. The molecule has 3 heterocycles. The number of azo groups is 1. The van der Waals surface area contributed by atoms with Crippen molar-refractivity contribution in [3.8, 4) is 5.69 Å². The molecule has 4 rings (SSSR count). The number of carbonyl (C=O) groups excluding carboxylic acids is 2. The van der Waals surface area contributed by atoms with Crippen LogP contribution in [0.5, 0.6) is 0 Å². The van der Waals surface area contributed by atoms with E-state index in [0.29, 0.717) is 16.9 Å². The van der Waals surface area contributed by atoms with E-state index in [0.717, 1.165) is 12.3 Å². The summed E-state index contributed by atoms with van der Waals surface area (Å²) in [6, 6.07) is 5.26. The summed E-state index contributed by atoms with van der Waals surface area (Å²) in [6.45, 7) is 0. The van der Waals surface area contributed by atoms with Crippen molar-refractivity contribution in [2.24, 2.45) is 10.2 Å². The van der Waals surface area contributed by atoms with Crippen LogP contribution in [0.3, 0.4) is 0 Å². The Bertz CT molecular complexity index is 1280. The van der Waals surface area contributed by atoms with Crippen LogP contribution in [0.2, 0.25) is 0 Å². The van der Waals surface area contributed by atoms with E-state index in [1.165, 1.54) is 18.2 Å².